The first-order chi connectivity index (χ1) is 8.38. The van der Waals surface area contributed by atoms with Crippen LogP contribution in [0.1, 0.15) is 31.9 Å². The second-order valence-electron chi connectivity index (χ2n) is 4.46. The van der Waals surface area contributed by atoms with E-state index in [0.29, 0.717) is 6.61 Å². The monoisotopic (exact) mass is 258 g/mol. The number of methoxy groups -OCH3 is 1. The average Bonchev–Trinajstić information content (AvgIpc) is 2.28. The summed E-state index contributed by atoms with van der Waals surface area (Å²) >= 11 is 0. The molecule has 2 nitrogen and oxygen atoms in total. The third-order valence-corrected chi connectivity index (χ3v) is 2.65. The highest BCUT2D eigenvalue weighted by molar-refractivity contribution is 5.40. The number of aryl methyl sites for hydroxylation is 1. The number of halogens is 2. The van der Waals surface area contributed by atoms with Crippen molar-refractivity contribution in [3.63, 3.8) is 0 Å². The largest absolute Gasteiger partial charge is 0.488 e. The highest BCUT2D eigenvalue weighted by atomic mass is 19.3. The second-order valence-corrected chi connectivity index (χ2v) is 4.46. The Balaban J connectivity index is 3.03. The molecule has 18 heavy (non-hydrogen) atoms. The lowest BCUT2D eigenvalue weighted by atomic mass is 10.0. The summed E-state index contributed by atoms with van der Waals surface area (Å²) in [4.78, 5) is 0. The minimum Gasteiger partial charge on any atom is -0.488 e. The van der Waals surface area contributed by atoms with Crippen LogP contribution in [0.3, 0.4) is 0 Å². The second kappa shape index (κ2) is 6.14. The molecule has 0 saturated carbocycles. The molecule has 0 aliphatic rings. The minimum absolute atomic E-state index is 0.0650. The van der Waals surface area contributed by atoms with Crippen LogP contribution in [0.2, 0.25) is 0 Å². The van der Waals surface area contributed by atoms with Crippen molar-refractivity contribution in [1.29, 1.82) is 0 Å². The van der Waals surface area contributed by atoms with Crippen molar-refractivity contribution in [2.45, 2.75) is 39.2 Å². The van der Waals surface area contributed by atoms with Gasteiger partial charge in [-0.15, -0.1) is 0 Å². The standard InChI is InChI=1S/C14H20F2O2/c1-5-11-6-7-13(18-10(2)9-17-4)12(8-11)14(3,15)16/h6-8,10H,5,9H2,1-4H3. The van der Waals surface area contributed by atoms with E-state index in [-0.39, 0.29) is 17.4 Å². The summed E-state index contributed by atoms with van der Waals surface area (Å²) in [7, 11) is 1.55. The van der Waals surface area contributed by atoms with E-state index in [1.54, 1.807) is 20.1 Å². The number of hydrogen-bond donors (Lipinski definition) is 0. The Labute approximate surface area is 107 Å². The van der Waals surface area contributed by atoms with Gasteiger partial charge in [-0.2, -0.15) is 0 Å². The first-order valence-corrected chi connectivity index (χ1v) is 6.05. The van der Waals surface area contributed by atoms with Gasteiger partial charge >= 0.3 is 0 Å². The molecule has 0 bridgehead atoms. The zero-order valence-corrected chi connectivity index (χ0v) is 11.3. The van der Waals surface area contributed by atoms with Crippen LogP contribution >= 0.6 is 0 Å². The van der Waals surface area contributed by atoms with Crippen LogP contribution in [0.4, 0.5) is 8.78 Å². The van der Waals surface area contributed by atoms with Crippen LogP contribution in [0.15, 0.2) is 18.2 Å². The fourth-order valence-electron chi connectivity index (χ4n) is 1.73. The summed E-state index contributed by atoms with van der Waals surface area (Å²) in [5.74, 6) is -2.68. The van der Waals surface area contributed by atoms with Crippen molar-refractivity contribution in [1.82, 2.24) is 0 Å². The van der Waals surface area contributed by atoms with Crippen molar-refractivity contribution in [2.24, 2.45) is 0 Å². The van der Waals surface area contributed by atoms with E-state index in [0.717, 1.165) is 18.9 Å². The Hall–Kier alpha value is -1.16. The molecular weight excluding hydrogens is 238 g/mol. The van der Waals surface area contributed by atoms with Gasteiger partial charge in [0, 0.05) is 14.0 Å². The van der Waals surface area contributed by atoms with Crippen LogP contribution in [0, 0.1) is 0 Å². The average molecular weight is 258 g/mol. The molecule has 0 spiro atoms. The van der Waals surface area contributed by atoms with Crippen LogP contribution in [-0.2, 0) is 17.1 Å². The molecule has 0 fully saturated rings. The Morgan fingerprint density at radius 1 is 1.33 bits per heavy atom. The topological polar surface area (TPSA) is 18.5 Å². The molecule has 0 aliphatic heterocycles. The van der Waals surface area contributed by atoms with Crippen molar-refractivity contribution in [2.75, 3.05) is 13.7 Å². The number of alkyl halides is 2. The molecule has 1 aromatic carbocycles. The van der Waals surface area contributed by atoms with Crippen LogP contribution in [-0.4, -0.2) is 19.8 Å². The molecule has 0 saturated heterocycles. The molecule has 0 heterocycles. The Kier molecular flexibility index (Phi) is 5.08. The molecule has 0 amide bonds. The Bertz CT molecular complexity index is 386. The van der Waals surface area contributed by atoms with Gasteiger partial charge in [-0.25, -0.2) is 8.78 Å². The zero-order chi connectivity index (χ0) is 13.8. The maximum absolute atomic E-state index is 13.6. The number of benzene rings is 1. The first kappa shape index (κ1) is 14.9. The number of rotatable bonds is 6. The van der Waals surface area contributed by atoms with Crippen molar-refractivity contribution in [3.05, 3.63) is 29.3 Å². The molecule has 1 unspecified atom stereocenters. The summed E-state index contributed by atoms with van der Waals surface area (Å²) in [6, 6.07) is 4.93. The Morgan fingerprint density at radius 3 is 2.50 bits per heavy atom. The van der Waals surface area contributed by atoms with Crippen molar-refractivity contribution < 1.29 is 18.3 Å². The summed E-state index contributed by atoms with van der Waals surface area (Å²) in [6.45, 7) is 4.97. The molecule has 102 valence electrons. The summed E-state index contributed by atoms with van der Waals surface area (Å²) in [5, 5.41) is 0. The van der Waals surface area contributed by atoms with Gasteiger partial charge < -0.3 is 9.47 Å². The van der Waals surface area contributed by atoms with Gasteiger partial charge in [-0.3, -0.25) is 0 Å². The normalized spacial score (nSPS) is 13.4. The molecule has 0 N–H and O–H groups in total. The zero-order valence-electron chi connectivity index (χ0n) is 11.3. The first-order valence-electron chi connectivity index (χ1n) is 6.05. The molecule has 0 aromatic heterocycles. The van der Waals surface area contributed by atoms with E-state index in [4.69, 9.17) is 9.47 Å². The van der Waals surface area contributed by atoms with Crippen LogP contribution < -0.4 is 4.74 Å². The molecular formula is C14H20F2O2. The lowest BCUT2D eigenvalue weighted by Crippen LogP contribution is -2.20. The molecule has 1 rings (SSSR count). The van der Waals surface area contributed by atoms with Gasteiger partial charge in [-0.05, 0) is 31.0 Å². The van der Waals surface area contributed by atoms with E-state index in [1.165, 1.54) is 6.07 Å². The molecule has 0 radical (unpaired) electrons. The van der Waals surface area contributed by atoms with Crippen LogP contribution in [0.5, 0.6) is 5.75 Å². The molecule has 1 aromatic rings. The van der Waals surface area contributed by atoms with Gasteiger partial charge in [0.2, 0.25) is 0 Å². The highest BCUT2D eigenvalue weighted by Crippen LogP contribution is 2.35. The van der Waals surface area contributed by atoms with E-state index >= 15 is 0 Å². The molecule has 1 atom stereocenters. The predicted molar refractivity (Wildman–Crippen MR) is 67.4 cm³/mol. The number of hydrogen-bond acceptors (Lipinski definition) is 2. The highest BCUT2D eigenvalue weighted by Gasteiger charge is 2.29. The minimum atomic E-state index is -2.91. The van der Waals surface area contributed by atoms with E-state index in [1.807, 2.05) is 13.0 Å². The number of ether oxygens (including phenoxy) is 2. The van der Waals surface area contributed by atoms with E-state index in [9.17, 15) is 8.78 Å². The molecule has 0 aliphatic carbocycles. The van der Waals surface area contributed by atoms with Gasteiger partial charge in [0.05, 0.1) is 12.2 Å². The lowest BCUT2D eigenvalue weighted by Gasteiger charge is -2.20. The van der Waals surface area contributed by atoms with Crippen LogP contribution in [0.25, 0.3) is 0 Å². The summed E-state index contributed by atoms with van der Waals surface area (Å²) < 4.78 is 37.6. The van der Waals surface area contributed by atoms with E-state index < -0.39 is 5.92 Å². The molecule has 4 heteroatoms. The van der Waals surface area contributed by atoms with Gasteiger partial charge in [0.25, 0.3) is 5.92 Å². The predicted octanol–water partition coefficient (Wildman–Crippen LogP) is 3.77. The lowest BCUT2D eigenvalue weighted by molar-refractivity contribution is 0.0112. The SMILES string of the molecule is CCc1ccc(OC(C)COC)c(C(C)(F)F)c1. The van der Waals surface area contributed by atoms with Gasteiger partial charge in [-0.1, -0.05) is 13.0 Å². The van der Waals surface area contributed by atoms with Crippen molar-refractivity contribution in [3.8, 4) is 5.75 Å². The summed E-state index contributed by atoms with van der Waals surface area (Å²) in [5.41, 5.74) is 0.808. The smallest absolute Gasteiger partial charge is 0.274 e. The third kappa shape index (κ3) is 3.95. The summed E-state index contributed by atoms with van der Waals surface area (Å²) in [6.07, 6.45) is 0.459. The van der Waals surface area contributed by atoms with E-state index in [2.05, 4.69) is 0 Å². The maximum atomic E-state index is 13.6. The quantitative estimate of drug-likeness (QED) is 0.773. The van der Waals surface area contributed by atoms with Gasteiger partial charge in [0.1, 0.15) is 11.9 Å². The third-order valence-electron chi connectivity index (χ3n) is 2.65. The fraction of sp³-hybridized carbons (Fsp3) is 0.571. The maximum Gasteiger partial charge on any atom is 0.274 e. The Morgan fingerprint density at radius 2 is 2.00 bits per heavy atom. The van der Waals surface area contributed by atoms with Gasteiger partial charge in [0.15, 0.2) is 0 Å². The van der Waals surface area contributed by atoms with Crippen molar-refractivity contribution >= 4 is 0 Å². The fourth-order valence-corrected chi connectivity index (χ4v) is 1.73.